The van der Waals surface area contributed by atoms with Gasteiger partial charge in [-0.05, 0) is 56.3 Å². The van der Waals surface area contributed by atoms with Crippen LogP contribution < -0.4 is 0 Å². The van der Waals surface area contributed by atoms with Gasteiger partial charge in [-0.2, -0.15) is 0 Å². The van der Waals surface area contributed by atoms with Crippen LogP contribution in [0.1, 0.15) is 51.4 Å². The first kappa shape index (κ1) is 15.6. The average Bonchev–Trinajstić information content (AvgIpc) is 2.85. The number of rotatable bonds is 3. The Bertz CT molecular complexity index is 605. The summed E-state index contributed by atoms with van der Waals surface area (Å²) in [5, 5.41) is 9.41. The first-order valence-corrected chi connectivity index (χ1v) is 9.58. The second-order valence-corrected chi connectivity index (χ2v) is 9.14. The lowest BCUT2D eigenvalue weighted by Crippen LogP contribution is -2.52. The van der Waals surface area contributed by atoms with E-state index in [4.69, 9.17) is 9.47 Å². The minimum atomic E-state index is -1.00. The molecule has 4 unspecified atom stereocenters. The Kier molecular flexibility index (Phi) is 3.26. The van der Waals surface area contributed by atoms with Crippen LogP contribution in [0.4, 0.5) is 0 Å². The van der Waals surface area contributed by atoms with Crippen LogP contribution in [0.3, 0.4) is 0 Å². The number of esters is 2. The zero-order valence-electron chi connectivity index (χ0n) is 14.2. The Morgan fingerprint density at radius 1 is 1.00 bits per heavy atom. The number of carboxylic acid groups (broad SMARTS) is 1. The lowest BCUT2D eigenvalue weighted by atomic mass is 9.49. The van der Waals surface area contributed by atoms with E-state index in [1.807, 2.05) is 0 Å². The molecule has 1 saturated heterocycles. The summed E-state index contributed by atoms with van der Waals surface area (Å²) in [6.45, 7) is 0. The highest BCUT2D eigenvalue weighted by atomic mass is 16.6. The highest BCUT2D eigenvalue weighted by Gasteiger charge is 2.58. The number of hydrogen-bond acceptors (Lipinski definition) is 5. The van der Waals surface area contributed by atoms with Crippen molar-refractivity contribution in [3.05, 3.63) is 0 Å². The van der Waals surface area contributed by atoms with Crippen molar-refractivity contribution in [1.29, 1.82) is 0 Å². The van der Waals surface area contributed by atoms with Gasteiger partial charge in [0.05, 0.1) is 17.3 Å². The number of aliphatic carboxylic acids is 1. The minimum Gasteiger partial charge on any atom is -0.481 e. The summed E-state index contributed by atoms with van der Waals surface area (Å²) in [4.78, 5) is 36.5. The van der Waals surface area contributed by atoms with E-state index in [9.17, 15) is 19.5 Å². The van der Waals surface area contributed by atoms with Gasteiger partial charge in [0, 0.05) is 12.8 Å². The van der Waals surface area contributed by atoms with Crippen LogP contribution in [0.15, 0.2) is 0 Å². The Hall–Kier alpha value is -1.59. The first-order chi connectivity index (χ1) is 11.9. The van der Waals surface area contributed by atoms with E-state index >= 15 is 0 Å². The standard InChI is InChI=1S/C19H24O6/c20-16(21)12-4-15(14-5-13(12)17(22)24-14)25-18(23)19-6-9-1-10(7-19)3-11(2-9)8-19/h9-15H,1-8H2,(H,20,21). The minimum absolute atomic E-state index is 0.165. The quantitative estimate of drug-likeness (QED) is 0.786. The van der Waals surface area contributed by atoms with Gasteiger partial charge < -0.3 is 14.6 Å². The predicted octanol–water partition coefficient (Wildman–Crippen LogP) is 2.15. The maximum absolute atomic E-state index is 13.1. The normalized spacial score (nSPS) is 49.8. The fourth-order valence-electron chi connectivity index (χ4n) is 6.77. The number of carbonyl (C=O) groups is 3. The molecule has 25 heavy (non-hydrogen) atoms. The number of hydrogen-bond donors (Lipinski definition) is 1. The van der Waals surface area contributed by atoms with Gasteiger partial charge in [0.25, 0.3) is 0 Å². The van der Waals surface area contributed by atoms with Crippen molar-refractivity contribution in [1.82, 2.24) is 0 Å². The van der Waals surface area contributed by atoms with Crippen molar-refractivity contribution in [2.45, 2.75) is 63.6 Å². The van der Waals surface area contributed by atoms with Crippen LogP contribution in [0.2, 0.25) is 0 Å². The van der Waals surface area contributed by atoms with Crippen LogP contribution in [0.25, 0.3) is 0 Å². The lowest BCUT2D eigenvalue weighted by Gasteiger charge is -2.55. The zero-order valence-corrected chi connectivity index (χ0v) is 14.2. The molecule has 4 atom stereocenters. The van der Waals surface area contributed by atoms with Crippen LogP contribution in [-0.4, -0.2) is 35.2 Å². The number of fused-ring (bicyclic) bond motifs is 2. The van der Waals surface area contributed by atoms with Gasteiger partial charge in [0.15, 0.2) is 0 Å². The molecule has 0 amide bonds. The Morgan fingerprint density at radius 3 is 2.16 bits per heavy atom. The van der Waals surface area contributed by atoms with Crippen molar-refractivity contribution >= 4 is 17.9 Å². The van der Waals surface area contributed by atoms with E-state index in [2.05, 4.69) is 0 Å². The molecule has 1 heterocycles. The summed E-state index contributed by atoms with van der Waals surface area (Å²) >= 11 is 0. The summed E-state index contributed by atoms with van der Waals surface area (Å²) in [5.74, 6) is -1.08. The van der Waals surface area contributed by atoms with E-state index in [1.165, 1.54) is 19.3 Å². The molecule has 5 aliphatic carbocycles. The molecular formula is C19H24O6. The molecule has 0 aromatic rings. The van der Waals surface area contributed by atoms with Crippen LogP contribution in [-0.2, 0) is 23.9 Å². The fraction of sp³-hybridized carbons (Fsp3) is 0.842. The van der Waals surface area contributed by atoms with E-state index < -0.39 is 36.0 Å². The largest absolute Gasteiger partial charge is 0.481 e. The number of carboxylic acids is 1. The van der Waals surface area contributed by atoms with Gasteiger partial charge in [0.1, 0.15) is 12.2 Å². The van der Waals surface area contributed by atoms with Crippen molar-refractivity contribution in [3.63, 3.8) is 0 Å². The molecule has 1 N–H and O–H groups in total. The smallest absolute Gasteiger partial charge is 0.312 e. The predicted molar refractivity (Wildman–Crippen MR) is 84.2 cm³/mol. The molecule has 6 bridgehead atoms. The number of carbonyl (C=O) groups excluding carboxylic acids is 2. The van der Waals surface area contributed by atoms with Gasteiger partial charge in [-0.15, -0.1) is 0 Å². The maximum Gasteiger partial charge on any atom is 0.312 e. The molecule has 0 radical (unpaired) electrons. The molecule has 6 fully saturated rings. The molecule has 0 aromatic carbocycles. The van der Waals surface area contributed by atoms with Crippen molar-refractivity contribution in [2.75, 3.05) is 0 Å². The highest BCUT2D eigenvalue weighted by Crippen LogP contribution is 2.60. The van der Waals surface area contributed by atoms with E-state index in [0.29, 0.717) is 24.2 Å². The zero-order chi connectivity index (χ0) is 17.3. The van der Waals surface area contributed by atoms with Crippen LogP contribution in [0, 0.1) is 35.0 Å². The average molecular weight is 348 g/mol. The third-order valence-electron chi connectivity index (χ3n) is 7.49. The second-order valence-electron chi connectivity index (χ2n) is 9.14. The van der Waals surface area contributed by atoms with Crippen LogP contribution >= 0.6 is 0 Å². The molecule has 6 nitrogen and oxygen atoms in total. The molecule has 6 heteroatoms. The molecule has 136 valence electrons. The summed E-state index contributed by atoms with van der Waals surface area (Å²) in [6.07, 6.45) is 5.97. The molecule has 6 aliphatic rings. The van der Waals surface area contributed by atoms with Crippen molar-refractivity contribution < 1.29 is 29.0 Å². The van der Waals surface area contributed by atoms with Gasteiger partial charge in [-0.1, -0.05) is 0 Å². The summed E-state index contributed by atoms with van der Waals surface area (Å²) < 4.78 is 11.2. The van der Waals surface area contributed by atoms with Gasteiger partial charge in [0.2, 0.25) is 0 Å². The molecule has 5 saturated carbocycles. The van der Waals surface area contributed by atoms with Gasteiger partial charge in [-0.3, -0.25) is 14.4 Å². The van der Waals surface area contributed by atoms with E-state index in [1.54, 1.807) is 0 Å². The number of ether oxygens (including phenoxy) is 2. The van der Waals surface area contributed by atoms with Crippen molar-refractivity contribution in [3.8, 4) is 0 Å². The Labute approximate surface area is 146 Å². The monoisotopic (exact) mass is 348 g/mol. The van der Waals surface area contributed by atoms with Crippen LogP contribution in [0.5, 0.6) is 0 Å². The van der Waals surface area contributed by atoms with Gasteiger partial charge >= 0.3 is 17.9 Å². The van der Waals surface area contributed by atoms with Crippen molar-refractivity contribution in [2.24, 2.45) is 35.0 Å². The summed E-state index contributed by atoms with van der Waals surface area (Å²) in [6, 6.07) is 0. The second kappa shape index (κ2) is 5.21. The lowest BCUT2D eigenvalue weighted by molar-refractivity contribution is -0.186. The van der Waals surface area contributed by atoms with E-state index in [-0.39, 0.29) is 17.8 Å². The fourth-order valence-corrected chi connectivity index (χ4v) is 6.77. The molecule has 6 rings (SSSR count). The summed E-state index contributed by atoms with van der Waals surface area (Å²) in [7, 11) is 0. The molecule has 1 aliphatic heterocycles. The third kappa shape index (κ3) is 2.32. The summed E-state index contributed by atoms with van der Waals surface area (Å²) in [5.41, 5.74) is -0.368. The molecule has 0 aromatic heterocycles. The Morgan fingerprint density at radius 2 is 1.60 bits per heavy atom. The van der Waals surface area contributed by atoms with E-state index in [0.717, 1.165) is 19.3 Å². The highest BCUT2D eigenvalue weighted by molar-refractivity contribution is 5.84. The van der Waals surface area contributed by atoms with Gasteiger partial charge in [-0.25, -0.2) is 0 Å². The molecule has 0 spiro atoms. The SMILES string of the molecule is O=C(O)C1CC(OC(=O)C23CC4CC(CC(C4)C2)C3)C2CC1C(=O)O2. The first-order valence-electron chi connectivity index (χ1n) is 9.58. The maximum atomic E-state index is 13.1. The topological polar surface area (TPSA) is 89.9 Å². The Balaban J connectivity index is 1.34. The third-order valence-corrected chi connectivity index (χ3v) is 7.49. The molecular weight excluding hydrogens is 324 g/mol.